The maximum absolute atomic E-state index is 2.37. The summed E-state index contributed by atoms with van der Waals surface area (Å²) in [5.74, 6) is 0. The molecule has 0 fully saturated rings. The minimum absolute atomic E-state index is 0.713. The Labute approximate surface area is 112 Å². The van der Waals surface area contributed by atoms with Crippen molar-refractivity contribution in [1.82, 2.24) is 0 Å². The van der Waals surface area contributed by atoms with Crippen LogP contribution >= 0.6 is 0 Å². The SMILES string of the molecule is Cc1ccc2c(c1)[CH]([Tl])c1cc(C)ccc1-2. The van der Waals surface area contributed by atoms with Crippen LogP contribution in [0.4, 0.5) is 0 Å². The van der Waals surface area contributed by atoms with Crippen molar-refractivity contribution < 1.29 is 0 Å². The molecule has 0 radical (unpaired) electrons. The molecule has 0 bridgehead atoms. The Morgan fingerprint density at radius 2 is 1.25 bits per heavy atom. The Hall–Kier alpha value is -0.638. The fourth-order valence-corrected chi connectivity index (χ4v) is 4.68. The van der Waals surface area contributed by atoms with Crippen molar-refractivity contribution in [3.8, 4) is 11.1 Å². The summed E-state index contributed by atoms with van der Waals surface area (Å²) in [4.78, 5) is 0. The minimum atomic E-state index is 0.713. The van der Waals surface area contributed by atoms with Gasteiger partial charge in [0.25, 0.3) is 0 Å². The summed E-state index contributed by atoms with van der Waals surface area (Å²) < 4.78 is 0.713. The first-order valence-corrected chi connectivity index (χ1v) is 8.23. The Kier molecular flexibility index (Phi) is 2.42. The van der Waals surface area contributed by atoms with Crippen LogP contribution in [0.2, 0.25) is 0 Å². The molecule has 0 heterocycles. The zero-order chi connectivity index (χ0) is 11.3. The van der Waals surface area contributed by atoms with E-state index in [2.05, 4.69) is 50.2 Å². The van der Waals surface area contributed by atoms with E-state index in [0.29, 0.717) is 3.48 Å². The van der Waals surface area contributed by atoms with Crippen molar-refractivity contribution >= 4 is 25.8 Å². The molecule has 1 heteroatoms. The van der Waals surface area contributed by atoms with Crippen LogP contribution in [-0.4, -0.2) is 25.8 Å². The number of rotatable bonds is 0. The fourth-order valence-electron chi connectivity index (χ4n) is 2.54. The monoisotopic (exact) mass is 398 g/mol. The van der Waals surface area contributed by atoms with Crippen LogP contribution in [0, 0.1) is 13.8 Å². The summed E-state index contributed by atoms with van der Waals surface area (Å²) in [7, 11) is 0. The molecule has 0 atom stereocenters. The second kappa shape index (κ2) is 3.69. The summed E-state index contributed by atoms with van der Waals surface area (Å²) in [6.45, 7) is 4.37. The van der Waals surface area contributed by atoms with Gasteiger partial charge in [-0.3, -0.25) is 0 Å². The van der Waals surface area contributed by atoms with Crippen LogP contribution in [0.5, 0.6) is 0 Å². The molecule has 0 nitrogen and oxygen atoms in total. The molecule has 0 saturated carbocycles. The van der Waals surface area contributed by atoms with E-state index < -0.39 is 0 Å². The summed E-state index contributed by atoms with van der Waals surface area (Å²) in [5, 5.41) is 0. The van der Waals surface area contributed by atoms with Crippen molar-refractivity contribution in [2.75, 3.05) is 0 Å². The van der Waals surface area contributed by atoms with Crippen LogP contribution < -0.4 is 0 Å². The van der Waals surface area contributed by atoms with Gasteiger partial charge >= 0.3 is 113 Å². The average molecular weight is 398 g/mol. The van der Waals surface area contributed by atoms with E-state index in [9.17, 15) is 0 Å². The van der Waals surface area contributed by atoms with Crippen molar-refractivity contribution in [3.05, 3.63) is 58.7 Å². The average Bonchev–Trinajstić information content (AvgIpc) is 2.53. The summed E-state index contributed by atoms with van der Waals surface area (Å²) in [6, 6.07) is 13.8. The molecule has 2 aromatic rings. The van der Waals surface area contributed by atoms with E-state index in [0.717, 1.165) is 25.8 Å². The molecule has 3 rings (SSSR count). The molecule has 2 aromatic carbocycles. The van der Waals surface area contributed by atoms with Gasteiger partial charge in [-0.1, -0.05) is 0 Å². The zero-order valence-corrected chi connectivity index (χ0v) is 14.1. The van der Waals surface area contributed by atoms with E-state index in [-0.39, 0.29) is 0 Å². The first kappa shape index (κ1) is 10.5. The molecule has 76 valence electrons. The predicted molar refractivity (Wildman–Crippen MR) is 68.9 cm³/mol. The van der Waals surface area contributed by atoms with Crippen molar-refractivity contribution in [2.45, 2.75) is 17.3 Å². The topological polar surface area (TPSA) is 0 Å². The zero-order valence-electron chi connectivity index (χ0n) is 9.62. The Bertz CT molecular complexity index is 518. The molecule has 0 aromatic heterocycles. The van der Waals surface area contributed by atoms with E-state index >= 15 is 0 Å². The van der Waals surface area contributed by atoms with E-state index in [1.807, 2.05) is 0 Å². The van der Waals surface area contributed by atoms with Gasteiger partial charge in [0.1, 0.15) is 0 Å². The number of hydrogen-bond acceptors (Lipinski definition) is 0. The predicted octanol–water partition coefficient (Wildman–Crippen LogP) is 3.54. The van der Waals surface area contributed by atoms with Crippen LogP contribution in [0.3, 0.4) is 0 Å². The van der Waals surface area contributed by atoms with Crippen molar-refractivity contribution in [1.29, 1.82) is 0 Å². The Balaban J connectivity index is 2.30. The van der Waals surface area contributed by atoms with E-state index in [4.69, 9.17) is 0 Å². The molecular weight excluding hydrogens is 385 g/mol. The first-order valence-electron chi connectivity index (χ1n) is 5.64. The third kappa shape index (κ3) is 1.46. The van der Waals surface area contributed by atoms with Crippen LogP contribution in [-0.2, 0) is 0 Å². The molecule has 0 saturated heterocycles. The molecule has 0 N–H and O–H groups in total. The van der Waals surface area contributed by atoms with Gasteiger partial charge in [-0.2, -0.15) is 0 Å². The Morgan fingerprint density at radius 3 is 1.69 bits per heavy atom. The first-order chi connectivity index (χ1) is 7.66. The maximum atomic E-state index is 2.37. The molecule has 16 heavy (non-hydrogen) atoms. The summed E-state index contributed by atoms with van der Waals surface area (Å²) in [5.41, 5.74) is 8.82. The fraction of sp³-hybridized carbons (Fsp3) is 0.200. The van der Waals surface area contributed by atoms with Gasteiger partial charge < -0.3 is 0 Å². The third-order valence-electron chi connectivity index (χ3n) is 3.37. The molecule has 0 aliphatic heterocycles. The summed E-state index contributed by atoms with van der Waals surface area (Å²) >= 11 is 0.980. The standard InChI is InChI=1S/C15H13.Tl/c1-10-3-5-14-12(7-10)9-13-8-11(2)4-6-15(13)14;/h3-9H,1-2H3;. The van der Waals surface area contributed by atoms with Crippen LogP contribution in [0.1, 0.15) is 25.7 Å². The molecule has 0 amide bonds. The van der Waals surface area contributed by atoms with Gasteiger partial charge in [0.05, 0.1) is 0 Å². The number of benzene rings is 2. The van der Waals surface area contributed by atoms with Gasteiger partial charge in [-0.25, -0.2) is 0 Å². The summed E-state index contributed by atoms with van der Waals surface area (Å²) in [6.07, 6.45) is 0. The second-order valence-corrected chi connectivity index (χ2v) is 7.25. The number of hydrogen-bond donors (Lipinski definition) is 0. The van der Waals surface area contributed by atoms with Crippen LogP contribution in [0.25, 0.3) is 11.1 Å². The molecular formula is C15H13Tl. The van der Waals surface area contributed by atoms with Crippen molar-refractivity contribution in [3.63, 3.8) is 0 Å². The van der Waals surface area contributed by atoms with Crippen molar-refractivity contribution in [2.24, 2.45) is 0 Å². The van der Waals surface area contributed by atoms with Gasteiger partial charge in [0, 0.05) is 0 Å². The number of aryl methyl sites for hydroxylation is 2. The molecule has 1 aliphatic carbocycles. The van der Waals surface area contributed by atoms with Gasteiger partial charge in [-0.05, 0) is 0 Å². The normalized spacial score (nSPS) is 13.6. The van der Waals surface area contributed by atoms with E-state index in [1.165, 1.54) is 22.3 Å². The third-order valence-corrected chi connectivity index (χ3v) is 6.17. The van der Waals surface area contributed by atoms with Gasteiger partial charge in [0.2, 0.25) is 0 Å². The Morgan fingerprint density at radius 1 is 0.812 bits per heavy atom. The van der Waals surface area contributed by atoms with Crippen LogP contribution in [0.15, 0.2) is 36.4 Å². The quantitative estimate of drug-likeness (QED) is 0.597. The molecule has 0 spiro atoms. The molecule has 0 unspecified atom stereocenters. The van der Waals surface area contributed by atoms with E-state index in [1.54, 1.807) is 11.1 Å². The molecule has 1 aliphatic rings. The van der Waals surface area contributed by atoms with Gasteiger partial charge in [0.15, 0.2) is 0 Å². The second-order valence-electron chi connectivity index (χ2n) is 4.66. The number of fused-ring (bicyclic) bond motifs is 3. The van der Waals surface area contributed by atoms with Gasteiger partial charge in [-0.15, -0.1) is 0 Å².